The van der Waals surface area contributed by atoms with Gasteiger partial charge in [-0.25, -0.2) is 0 Å². The second-order valence-electron chi connectivity index (χ2n) is 6.87. The van der Waals surface area contributed by atoms with E-state index < -0.39 is 0 Å². The Kier molecular flexibility index (Phi) is 6.63. The van der Waals surface area contributed by atoms with Crippen LogP contribution in [0.2, 0.25) is 0 Å². The number of aryl methyl sites for hydroxylation is 2. The number of rotatable bonds is 7. The highest BCUT2D eigenvalue weighted by molar-refractivity contribution is 5.78. The van der Waals surface area contributed by atoms with Crippen LogP contribution in [0.1, 0.15) is 61.4 Å². The summed E-state index contributed by atoms with van der Waals surface area (Å²) in [6.07, 6.45) is 0.845. The molecule has 0 aliphatic carbocycles. The van der Waals surface area contributed by atoms with E-state index in [1.54, 1.807) is 0 Å². The SMILES string of the molecule is CC[C@@H](NC(=O)COc1ccccc1C(C)C)c1ccc(C)cc1C. The van der Waals surface area contributed by atoms with Gasteiger partial charge >= 0.3 is 0 Å². The van der Waals surface area contributed by atoms with E-state index >= 15 is 0 Å². The Hall–Kier alpha value is -2.29. The van der Waals surface area contributed by atoms with Crippen LogP contribution >= 0.6 is 0 Å². The summed E-state index contributed by atoms with van der Waals surface area (Å²) in [6, 6.07) is 14.3. The number of benzene rings is 2. The van der Waals surface area contributed by atoms with Crippen LogP contribution < -0.4 is 10.1 Å². The average molecular weight is 339 g/mol. The zero-order valence-electron chi connectivity index (χ0n) is 15.9. The molecule has 1 N–H and O–H groups in total. The minimum atomic E-state index is -0.0922. The number of amides is 1. The zero-order valence-corrected chi connectivity index (χ0v) is 15.9. The van der Waals surface area contributed by atoms with Crippen LogP contribution in [0.3, 0.4) is 0 Å². The molecule has 0 fully saturated rings. The number of ether oxygens (including phenoxy) is 1. The predicted octanol–water partition coefficient (Wildman–Crippen LogP) is 5.07. The summed E-state index contributed by atoms with van der Waals surface area (Å²) in [4.78, 5) is 12.4. The van der Waals surface area contributed by atoms with Crippen molar-refractivity contribution in [3.8, 4) is 5.75 Å². The maximum absolute atomic E-state index is 12.4. The Morgan fingerprint density at radius 2 is 1.80 bits per heavy atom. The van der Waals surface area contributed by atoms with Crippen molar-refractivity contribution >= 4 is 5.91 Å². The molecule has 0 heterocycles. The molecule has 25 heavy (non-hydrogen) atoms. The molecule has 2 aromatic rings. The van der Waals surface area contributed by atoms with Gasteiger partial charge in [0.15, 0.2) is 6.61 Å². The first-order valence-electron chi connectivity index (χ1n) is 9.00. The average Bonchev–Trinajstić information content (AvgIpc) is 2.58. The summed E-state index contributed by atoms with van der Waals surface area (Å²) in [6.45, 7) is 10.5. The number of para-hydroxylation sites is 1. The molecule has 0 radical (unpaired) electrons. The van der Waals surface area contributed by atoms with Gasteiger partial charge in [0.2, 0.25) is 0 Å². The van der Waals surface area contributed by atoms with Crippen molar-refractivity contribution in [2.24, 2.45) is 0 Å². The lowest BCUT2D eigenvalue weighted by Gasteiger charge is -2.20. The molecular weight excluding hydrogens is 310 g/mol. The lowest BCUT2D eigenvalue weighted by molar-refractivity contribution is -0.123. The molecule has 0 saturated carbocycles. The topological polar surface area (TPSA) is 38.3 Å². The van der Waals surface area contributed by atoms with Gasteiger partial charge in [0, 0.05) is 0 Å². The quantitative estimate of drug-likeness (QED) is 0.764. The molecule has 0 bridgehead atoms. The lowest BCUT2D eigenvalue weighted by atomic mass is 9.97. The highest BCUT2D eigenvalue weighted by Gasteiger charge is 2.16. The first-order valence-corrected chi connectivity index (χ1v) is 9.00. The van der Waals surface area contributed by atoms with Crippen molar-refractivity contribution in [2.45, 2.75) is 53.0 Å². The first-order chi connectivity index (χ1) is 11.9. The Labute approximate surface area is 151 Å². The fourth-order valence-electron chi connectivity index (χ4n) is 3.08. The molecule has 0 spiro atoms. The third kappa shape index (κ3) is 5.09. The van der Waals surface area contributed by atoms with Gasteiger partial charge in [0.1, 0.15) is 5.75 Å². The van der Waals surface area contributed by atoms with Gasteiger partial charge in [-0.3, -0.25) is 4.79 Å². The standard InChI is InChI=1S/C22H29NO2/c1-6-20(19-12-11-16(4)13-17(19)5)23-22(24)14-25-21-10-8-7-9-18(21)15(2)3/h7-13,15,20H,6,14H2,1-5H3,(H,23,24)/t20-/m1/s1. The Bertz CT molecular complexity index is 722. The maximum Gasteiger partial charge on any atom is 0.258 e. The molecule has 0 aliphatic heterocycles. The molecule has 0 unspecified atom stereocenters. The van der Waals surface area contributed by atoms with Crippen LogP contribution in [-0.4, -0.2) is 12.5 Å². The Balaban J connectivity index is 2.01. The number of carbonyl (C=O) groups is 1. The summed E-state index contributed by atoms with van der Waals surface area (Å²) >= 11 is 0. The van der Waals surface area contributed by atoms with E-state index in [4.69, 9.17) is 4.74 Å². The molecule has 1 amide bonds. The van der Waals surface area contributed by atoms with Gasteiger partial charge in [-0.15, -0.1) is 0 Å². The highest BCUT2D eigenvalue weighted by atomic mass is 16.5. The van der Waals surface area contributed by atoms with E-state index in [1.807, 2.05) is 24.3 Å². The molecule has 1 atom stereocenters. The van der Waals surface area contributed by atoms with Crippen molar-refractivity contribution in [3.05, 3.63) is 64.7 Å². The van der Waals surface area contributed by atoms with Crippen molar-refractivity contribution in [2.75, 3.05) is 6.61 Å². The lowest BCUT2D eigenvalue weighted by Crippen LogP contribution is -2.32. The normalized spacial score (nSPS) is 12.1. The van der Waals surface area contributed by atoms with Crippen molar-refractivity contribution in [3.63, 3.8) is 0 Å². The second kappa shape index (κ2) is 8.70. The Morgan fingerprint density at radius 1 is 1.08 bits per heavy atom. The molecule has 0 saturated heterocycles. The molecule has 0 aliphatic rings. The first kappa shape index (κ1) is 19.0. The predicted molar refractivity (Wildman–Crippen MR) is 103 cm³/mol. The molecule has 3 heteroatoms. The van der Waals surface area contributed by atoms with Gasteiger partial charge in [0.05, 0.1) is 6.04 Å². The second-order valence-corrected chi connectivity index (χ2v) is 6.87. The van der Waals surface area contributed by atoms with E-state index in [0.29, 0.717) is 5.92 Å². The third-order valence-electron chi connectivity index (χ3n) is 4.44. The van der Waals surface area contributed by atoms with E-state index in [2.05, 4.69) is 58.1 Å². The van der Waals surface area contributed by atoms with Crippen LogP contribution in [0.5, 0.6) is 5.75 Å². The van der Waals surface area contributed by atoms with Gasteiger partial charge in [-0.05, 0) is 48.9 Å². The van der Waals surface area contributed by atoms with Crippen LogP contribution in [0, 0.1) is 13.8 Å². The molecule has 2 rings (SSSR count). The summed E-state index contributed by atoms with van der Waals surface area (Å²) < 4.78 is 5.78. The number of hydrogen-bond acceptors (Lipinski definition) is 2. The van der Waals surface area contributed by atoms with Gasteiger partial charge in [0.25, 0.3) is 5.91 Å². The van der Waals surface area contributed by atoms with Crippen molar-refractivity contribution in [1.82, 2.24) is 5.32 Å². The van der Waals surface area contributed by atoms with Crippen LogP contribution in [0.15, 0.2) is 42.5 Å². The molecule has 3 nitrogen and oxygen atoms in total. The van der Waals surface area contributed by atoms with E-state index in [9.17, 15) is 4.79 Å². The molecule has 2 aromatic carbocycles. The summed E-state index contributed by atoms with van der Waals surface area (Å²) in [7, 11) is 0. The number of nitrogens with one attached hydrogen (secondary N) is 1. The van der Waals surface area contributed by atoms with Gasteiger partial charge in [-0.1, -0.05) is 62.7 Å². The van der Waals surface area contributed by atoms with Crippen LogP contribution in [0.25, 0.3) is 0 Å². The maximum atomic E-state index is 12.4. The van der Waals surface area contributed by atoms with E-state index in [0.717, 1.165) is 17.7 Å². The highest BCUT2D eigenvalue weighted by Crippen LogP contribution is 2.26. The van der Waals surface area contributed by atoms with Crippen LogP contribution in [0.4, 0.5) is 0 Å². The molecular formula is C22H29NO2. The Morgan fingerprint density at radius 3 is 2.44 bits per heavy atom. The van der Waals surface area contributed by atoms with Crippen molar-refractivity contribution in [1.29, 1.82) is 0 Å². The minimum Gasteiger partial charge on any atom is -0.483 e. The number of carbonyl (C=O) groups excluding carboxylic acids is 1. The molecule has 134 valence electrons. The summed E-state index contributed by atoms with van der Waals surface area (Å²) in [5, 5.41) is 3.10. The third-order valence-corrected chi connectivity index (χ3v) is 4.44. The fourth-order valence-corrected chi connectivity index (χ4v) is 3.08. The van der Waals surface area contributed by atoms with E-state index in [-0.39, 0.29) is 18.6 Å². The monoisotopic (exact) mass is 339 g/mol. The smallest absolute Gasteiger partial charge is 0.258 e. The van der Waals surface area contributed by atoms with Crippen LogP contribution in [-0.2, 0) is 4.79 Å². The van der Waals surface area contributed by atoms with Gasteiger partial charge in [-0.2, -0.15) is 0 Å². The van der Waals surface area contributed by atoms with E-state index in [1.165, 1.54) is 16.7 Å². The van der Waals surface area contributed by atoms with Gasteiger partial charge < -0.3 is 10.1 Å². The fraction of sp³-hybridized carbons (Fsp3) is 0.409. The summed E-state index contributed by atoms with van der Waals surface area (Å²) in [5.41, 5.74) is 4.73. The van der Waals surface area contributed by atoms with Crippen molar-refractivity contribution < 1.29 is 9.53 Å². The minimum absolute atomic E-state index is 0.0112. The number of hydrogen-bond donors (Lipinski definition) is 1. The molecule has 0 aromatic heterocycles. The largest absolute Gasteiger partial charge is 0.483 e. The zero-order chi connectivity index (χ0) is 18.4. The summed E-state index contributed by atoms with van der Waals surface area (Å²) in [5.74, 6) is 1.05.